The average molecular weight is 592 g/mol. The molecule has 0 aliphatic rings. The molecule has 0 aliphatic heterocycles. The molecule has 0 spiro atoms. The summed E-state index contributed by atoms with van der Waals surface area (Å²) in [6.07, 6.45) is 0. The number of fused-ring (bicyclic) bond motifs is 2. The SMILES string of the molecule is CC(C)(C)[Si](C)(C)c1cc2ccccc2c(-c2cccc(-c3c(O)c([Si](C)(C)C(C)(C)C)cc4ccccc34)n2)c1O. The summed E-state index contributed by atoms with van der Waals surface area (Å²) < 4.78 is 0. The average Bonchev–Trinajstić information content (AvgIpc) is 2.91. The fraction of sp³-hybridized carbons (Fsp3) is 0.324. The molecular weight excluding hydrogens is 547 g/mol. The predicted octanol–water partition coefficient (Wildman–Crippen LogP) is 9.56. The maximum atomic E-state index is 12.0. The van der Waals surface area contributed by atoms with E-state index in [1.54, 1.807) is 0 Å². The molecule has 0 bridgehead atoms. The highest BCUT2D eigenvalue weighted by atomic mass is 28.3. The van der Waals surface area contributed by atoms with Crippen LogP contribution in [0.4, 0.5) is 0 Å². The standard InChI is InChI=1S/C37H45NO2Si2/c1-36(2,3)41(7,8)30-22-24-16-11-13-18-26(24)32(34(30)39)28-20-15-21-29(38-28)33-27-19-14-12-17-25(27)23-31(35(33)40)42(9,10)37(4,5)6/h11-23,39-40H,1-10H3. The van der Waals surface area contributed by atoms with Crippen LogP contribution in [0.2, 0.25) is 36.3 Å². The maximum absolute atomic E-state index is 12.0. The van der Waals surface area contributed by atoms with E-state index in [-0.39, 0.29) is 10.1 Å². The normalized spacial score (nSPS) is 13.2. The number of pyridine rings is 1. The number of aromatic nitrogens is 1. The molecule has 0 atom stereocenters. The predicted molar refractivity (Wildman–Crippen MR) is 187 cm³/mol. The van der Waals surface area contributed by atoms with Crippen molar-refractivity contribution in [2.24, 2.45) is 0 Å². The van der Waals surface area contributed by atoms with Crippen LogP contribution in [-0.2, 0) is 0 Å². The summed E-state index contributed by atoms with van der Waals surface area (Å²) in [5.41, 5.74) is 2.95. The molecule has 0 amide bonds. The van der Waals surface area contributed by atoms with E-state index in [9.17, 15) is 10.2 Å². The van der Waals surface area contributed by atoms with Gasteiger partial charge >= 0.3 is 0 Å². The third-order valence-corrected chi connectivity index (χ3v) is 21.4. The number of benzene rings is 4. The fourth-order valence-electron chi connectivity index (χ4n) is 5.67. The Labute approximate surface area is 253 Å². The van der Waals surface area contributed by atoms with Crippen molar-refractivity contribution < 1.29 is 10.2 Å². The first-order valence-electron chi connectivity index (χ1n) is 14.9. The molecule has 0 saturated heterocycles. The van der Waals surface area contributed by atoms with Crippen LogP contribution in [0, 0.1) is 0 Å². The molecule has 1 heterocycles. The minimum Gasteiger partial charge on any atom is -0.507 e. The molecule has 0 unspecified atom stereocenters. The van der Waals surface area contributed by atoms with Crippen LogP contribution in [0.1, 0.15) is 41.5 Å². The largest absolute Gasteiger partial charge is 0.507 e. The summed E-state index contributed by atoms with van der Waals surface area (Å²) in [6, 6.07) is 26.9. The minimum atomic E-state index is -2.09. The van der Waals surface area contributed by atoms with E-state index in [0.717, 1.165) is 43.0 Å². The number of phenols is 2. The molecule has 0 fully saturated rings. The third kappa shape index (κ3) is 4.77. The molecule has 5 heteroatoms. The number of hydrogen-bond donors (Lipinski definition) is 2. The number of phenolic OH excluding ortho intramolecular Hbond substituents is 2. The highest BCUT2D eigenvalue weighted by Crippen LogP contribution is 2.44. The minimum absolute atomic E-state index is 0.0500. The Morgan fingerprint density at radius 1 is 0.524 bits per heavy atom. The van der Waals surface area contributed by atoms with Gasteiger partial charge in [-0.3, -0.25) is 0 Å². The smallest absolute Gasteiger partial charge is 0.124 e. The number of rotatable bonds is 4. The van der Waals surface area contributed by atoms with Crippen molar-refractivity contribution in [3.05, 3.63) is 78.9 Å². The Hall–Kier alpha value is -3.42. The second-order valence-corrected chi connectivity index (χ2v) is 25.5. The summed E-state index contributed by atoms with van der Waals surface area (Å²) >= 11 is 0. The van der Waals surface area contributed by atoms with Crippen molar-refractivity contribution in [2.75, 3.05) is 0 Å². The second kappa shape index (κ2) is 10.1. The van der Waals surface area contributed by atoms with E-state index in [1.807, 2.05) is 30.3 Å². The van der Waals surface area contributed by atoms with E-state index < -0.39 is 16.1 Å². The van der Waals surface area contributed by atoms with Crippen LogP contribution in [-0.4, -0.2) is 31.3 Å². The second-order valence-electron chi connectivity index (χ2n) is 14.9. The van der Waals surface area contributed by atoms with Crippen LogP contribution >= 0.6 is 0 Å². The van der Waals surface area contributed by atoms with Crippen LogP contribution in [0.25, 0.3) is 44.1 Å². The van der Waals surface area contributed by atoms with Crippen molar-refractivity contribution in [2.45, 2.75) is 77.8 Å². The topological polar surface area (TPSA) is 53.4 Å². The molecule has 3 nitrogen and oxygen atoms in total. The first kappa shape index (κ1) is 30.1. The quantitative estimate of drug-likeness (QED) is 0.205. The van der Waals surface area contributed by atoms with Gasteiger partial charge in [0.25, 0.3) is 0 Å². The summed E-state index contributed by atoms with van der Waals surface area (Å²) in [5, 5.41) is 30.4. The Bertz CT molecular complexity index is 1690. The number of aromatic hydroxyl groups is 2. The summed E-state index contributed by atoms with van der Waals surface area (Å²) in [7, 11) is -4.18. The van der Waals surface area contributed by atoms with Gasteiger partial charge in [-0.2, -0.15) is 0 Å². The lowest BCUT2D eigenvalue weighted by molar-refractivity contribution is 0.481. The van der Waals surface area contributed by atoms with E-state index in [0.29, 0.717) is 22.9 Å². The van der Waals surface area contributed by atoms with Gasteiger partial charge in [0, 0.05) is 11.1 Å². The van der Waals surface area contributed by atoms with Crippen LogP contribution in [0.3, 0.4) is 0 Å². The van der Waals surface area contributed by atoms with Gasteiger partial charge in [-0.1, -0.05) is 134 Å². The highest BCUT2D eigenvalue weighted by Gasteiger charge is 2.41. The van der Waals surface area contributed by atoms with E-state index in [2.05, 4.69) is 116 Å². The molecule has 218 valence electrons. The van der Waals surface area contributed by atoms with Gasteiger partial charge < -0.3 is 10.2 Å². The number of nitrogens with zero attached hydrogens (tertiary/aromatic N) is 1. The molecular formula is C37H45NO2Si2. The molecule has 0 saturated carbocycles. The molecule has 1 aromatic heterocycles. The fourth-order valence-corrected chi connectivity index (χ4v) is 9.75. The lowest BCUT2D eigenvalue weighted by Crippen LogP contribution is -2.49. The molecule has 4 aromatic carbocycles. The van der Waals surface area contributed by atoms with Crippen molar-refractivity contribution in [1.82, 2.24) is 4.98 Å². The highest BCUT2D eigenvalue weighted by molar-refractivity contribution is 6.93. The zero-order valence-corrected chi connectivity index (χ0v) is 28.8. The van der Waals surface area contributed by atoms with Gasteiger partial charge in [0.15, 0.2) is 0 Å². The number of hydrogen-bond acceptors (Lipinski definition) is 3. The lowest BCUT2D eigenvalue weighted by Gasteiger charge is -2.38. The summed E-state index contributed by atoms with van der Waals surface area (Å²) in [5.74, 6) is 0.656. The lowest BCUT2D eigenvalue weighted by atomic mass is 9.98. The van der Waals surface area contributed by atoms with Gasteiger partial charge in [0.05, 0.1) is 27.5 Å². The molecule has 5 aromatic rings. The molecule has 5 rings (SSSR count). The Balaban J connectivity index is 1.83. The Morgan fingerprint density at radius 3 is 1.24 bits per heavy atom. The first-order chi connectivity index (χ1) is 19.5. The molecule has 2 N–H and O–H groups in total. The van der Waals surface area contributed by atoms with Crippen LogP contribution < -0.4 is 10.4 Å². The van der Waals surface area contributed by atoms with Crippen LogP contribution in [0.5, 0.6) is 11.5 Å². The van der Waals surface area contributed by atoms with Gasteiger partial charge in [-0.15, -0.1) is 0 Å². The summed E-state index contributed by atoms with van der Waals surface area (Å²) in [6.45, 7) is 23.0. The van der Waals surface area contributed by atoms with Gasteiger partial charge in [0.2, 0.25) is 0 Å². The third-order valence-electron chi connectivity index (χ3n) is 10.4. The van der Waals surface area contributed by atoms with Gasteiger partial charge in [-0.05, 0) is 54.1 Å². The van der Waals surface area contributed by atoms with E-state index in [4.69, 9.17) is 4.98 Å². The molecule has 42 heavy (non-hydrogen) atoms. The van der Waals surface area contributed by atoms with Crippen molar-refractivity contribution in [3.8, 4) is 34.0 Å². The zero-order chi connectivity index (χ0) is 30.8. The van der Waals surface area contributed by atoms with Crippen molar-refractivity contribution >= 4 is 48.1 Å². The first-order valence-corrected chi connectivity index (χ1v) is 20.9. The van der Waals surface area contributed by atoms with E-state index >= 15 is 0 Å². The Morgan fingerprint density at radius 2 is 0.881 bits per heavy atom. The Kier molecular flexibility index (Phi) is 7.22. The van der Waals surface area contributed by atoms with Crippen LogP contribution in [0.15, 0.2) is 78.9 Å². The summed E-state index contributed by atoms with van der Waals surface area (Å²) in [4.78, 5) is 5.22. The monoisotopic (exact) mass is 591 g/mol. The van der Waals surface area contributed by atoms with E-state index in [1.165, 1.54) is 0 Å². The van der Waals surface area contributed by atoms with Gasteiger partial charge in [-0.25, -0.2) is 4.98 Å². The maximum Gasteiger partial charge on any atom is 0.124 e. The molecule has 0 radical (unpaired) electrons. The van der Waals surface area contributed by atoms with Crippen molar-refractivity contribution in [3.63, 3.8) is 0 Å². The molecule has 0 aliphatic carbocycles. The zero-order valence-electron chi connectivity index (χ0n) is 26.8. The van der Waals surface area contributed by atoms with Gasteiger partial charge in [0.1, 0.15) is 11.5 Å². The van der Waals surface area contributed by atoms with Crippen molar-refractivity contribution in [1.29, 1.82) is 0 Å².